The summed E-state index contributed by atoms with van der Waals surface area (Å²) in [6.45, 7) is 1.55. The minimum atomic E-state index is -1.16. The van der Waals surface area contributed by atoms with E-state index in [1.54, 1.807) is 31.2 Å². The van der Waals surface area contributed by atoms with Crippen molar-refractivity contribution < 1.29 is 14.7 Å². The first-order chi connectivity index (χ1) is 7.54. The standard InChI is InChI=1S/C11H10BrNO3/c1-2-9(11(15)16)13-10(14)7-3-5-8(12)6-4-7/h2-6H,1H3,(H,13,14)(H,15,16)/b9-2+. The third-order valence-corrected chi connectivity index (χ3v) is 2.40. The summed E-state index contributed by atoms with van der Waals surface area (Å²) in [5.74, 6) is -1.60. The van der Waals surface area contributed by atoms with E-state index >= 15 is 0 Å². The lowest BCUT2D eigenvalue weighted by Gasteiger charge is -2.05. The van der Waals surface area contributed by atoms with E-state index in [0.29, 0.717) is 5.56 Å². The fourth-order valence-electron chi connectivity index (χ4n) is 1.04. The number of hydrogen-bond acceptors (Lipinski definition) is 2. The van der Waals surface area contributed by atoms with Gasteiger partial charge in [0.05, 0.1) is 0 Å². The topological polar surface area (TPSA) is 66.4 Å². The Balaban J connectivity index is 2.80. The number of carbonyl (C=O) groups excluding carboxylic acids is 1. The van der Waals surface area contributed by atoms with Gasteiger partial charge in [-0.3, -0.25) is 4.79 Å². The molecule has 0 radical (unpaired) electrons. The summed E-state index contributed by atoms with van der Waals surface area (Å²) in [5.41, 5.74) is 0.275. The molecule has 0 saturated carbocycles. The highest BCUT2D eigenvalue weighted by molar-refractivity contribution is 9.10. The zero-order valence-electron chi connectivity index (χ0n) is 8.53. The Kier molecular flexibility index (Phi) is 4.25. The molecule has 4 nitrogen and oxygen atoms in total. The quantitative estimate of drug-likeness (QED) is 0.836. The number of nitrogens with one attached hydrogen (secondary N) is 1. The van der Waals surface area contributed by atoms with Gasteiger partial charge < -0.3 is 10.4 Å². The first-order valence-corrected chi connectivity index (χ1v) is 5.30. The number of allylic oxidation sites excluding steroid dienone is 1. The molecule has 0 heterocycles. The molecule has 0 unspecified atom stereocenters. The number of halogens is 1. The summed E-state index contributed by atoms with van der Waals surface area (Å²) >= 11 is 3.25. The summed E-state index contributed by atoms with van der Waals surface area (Å²) < 4.78 is 0.855. The van der Waals surface area contributed by atoms with Crippen LogP contribution in [-0.4, -0.2) is 17.0 Å². The highest BCUT2D eigenvalue weighted by Gasteiger charge is 2.11. The molecule has 84 valence electrons. The Bertz CT molecular complexity index is 437. The Hall–Kier alpha value is -1.62. The summed E-state index contributed by atoms with van der Waals surface area (Å²) in [5, 5.41) is 11.0. The Morgan fingerprint density at radius 3 is 2.31 bits per heavy atom. The molecular formula is C11H10BrNO3. The van der Waals surface area contributed by atoms with Crippen LogP contribution < -0.4 is 5.32 Å². The average Bonchev–Trinajstić information content (AvgIpc) is 2.26. The predicted octanol–water partition coefficient (Wildman–Crippen LogP) is 2.17. The lowest BCUT2D eigenvalue weighted by atomic mass is 10.2. The molecule has 0 spiro atoms. The number of benzene rings is 1. The first kappa shape index (κ1) is 12.4. The molecule has 16 heavy (non-hydrogen) atoms. The summed E-state index contributed by atoms with van der Waals surface area (Å²) in [7, 11) is 0. The highest BCUT2D eigenvalue weighted by Crippen LogP contribution is 2.10. The number of hydrogen-bond donors (Lipinski definition) is 2. The van der Waals surface area contributed by atoms with Crippen LogP contribution >= 0.6 is 15.9 Å². The van der Waals surface area contributed by atoms with Crippen molar-refractivity contribution in [1.29, 1.82) is 0 Å². The lowest BCUT2D eigenvalue weighted by Crippen LogP contribution is -2.27. The smallest absolute Gasteiger partial charge is 0.352 e. The van der Waals surface area contributed by atoms with Crippen molar-refractivity contribution in [2.75, 3.05) is 0 Å². The lowest BCUT2D eigenvalue weighted by molar-refractivity contribution is -0.133. The Morgan fingerprint density at radius 1 is 1.31 bits per heavy atom. The maximum absolute atomic E-state index is 11.6. The highest BCUT2D eigenvalue weighted by atomic mass is 79.9. The van der Waals surface area contributed by atoms with E-state index in [-0.39, 0.29) is 5.70 Å². The SMILES string of the molecule is C/C=C(/NC(=O)c1ccc(Br)cc1)C(=O)O. The van der Waals surface area contributed by atoms with Crippen LogP contribution in [0.4, 0.5) is 0 Å². The van der Waals surface area contributed by atoms with Crippen LogP contribution in [0.3, 0.4) is 0 Å². The van der Waals surface area contributed by atoms with Gasteiger partial charge in [-0.15, -0.1) is 0 Å². The molecule has 0 saturated heterocycles. The van der Waals surface area contributed by atoms with Crippen molar-refractivity contribution in [3.8, 4) is 0 Å². The molecule has 5 heteroatoms. The molecule has 1 amide bonds. The molecule has 1 aromatic rings. The normalized spacial score (nSPS) is 11.0. The summed E-state index contributed by atoms with van der Waals surface area (Å²) in [6.07, 6.45) is 1.33. The van der Waals surface area contributed by atoms with Gasteiger partial charge in [0.15, 0.2) is 0 Å². The van der Waals surface area contributed by atoms with E-state index in [9.17, 15) is 9.59 Å². The van der Waals surface area contributed by atoms with Gasteiger partial charge >= 0.3 is 5.97 Å². The van der Waals surface area contributed by atoms with E-state index in [0.717, 1.165) is 4.47 Å². The van der Waals surface area contributed by atoms with E-state index in [4.69, 9.17) is 5.11 Å². The second kappa shape index (κ2) is 5.46. The van der Waals surface area contributed by atoms with Gasteiger partial charge in [0, 0.05) is 10.0 Å². The fraction of sp³-hybridized carbons (Fsp3) is 0.0909. The minimum absolute atomic E-state index is 0.132. The van der Waals surface area contributed by atoms with Crippen molar-refractivity contribution in [3.05, 3.63) is 46.1 Å². The second-order valence-electron chi connectivity index (χ2n) is 2.97. The first-order valence-electron chi connectivity index (χ1n) is 4.51. The predicted molar refractivity (Wildman–Crippen MR) is 63.0 cm³/mol. The van der Waals surface area contributed by atoms with Crippen LogP contribution in [0.2, 0.25) is 0 Å². The number of carboxylic acids is 1. The van der Waals surface area contributed by atoms with Crippen LogP contribution in [0.1, 0.15) is 17.3 Å². The van der Waals surface area contributed by atoms with Gasteiger partial charge in [-0.25, -0.2) is 4.79 Å². The zero-order chi connectivity index (χ0) is 12.1. The van der Waals surface area contributed by atoms with Crippen LogP contribution in [-0.2, 0) is 4.79 Å². The molecule has 0 aliphatic rings. The average molecular weight is 284 g/mol. The van der Waals surface area contributed by atoms with Gasteiger partial charge in [-0.1, -0.05) is 22.0 Å². The number of carbonyl (C=O) groups is 2. The molecule has 2 N–H and O–H groups in total. The molecule has 1 rings (SSSR count). The van der Waals surface area contributed by atoms with Gasteiger partial charge in [0.25, 0.3) is 5.91 Å². The number of aliphatic carboxylic acids is 1. The number of amides is 1. The molecular weight excluding hydrogens is 274 g/mol. The van der Waals surface area contributed by atoms with E-state index < -0.39 is 11.9 Å². The van der Waals surface area contributed by atoms with Gasteiger partial charge in [0.1, 0.15) is 5.70 Å². The monoisotopic (exact) mass is 283 g/mol. The van der Waals surface area contributed by atoms with Crippen LogP contribution in [0.5, 0.6) is 0 Å². The minimum Gasteiger partial charge on any atom is -0.477 e. The summed E-state index contributed by atoms with van der Waals surface area (Å²) in [4.78, 5) is 22.3. The number of rotatable bonds is 3. The van der Waals surface area contributed by atoms with Gasteiger partial charge in [-0.2, -0.15) is 0 Å². The van der Waals surface area contributed by atoms with Crippen molar-refractivity contribution in [2.45, 2.75) is 6.92 Å². The van der Waals surface area contributed by atoms with Crippen molar-refractivity contribution in [1.82, 2.24) is 5.32 Å². The summed E-state index contributed by atoms with van der Waals surface area (Å²) in [6, 6.07) is 6.64. The molecule has 0 atom stereocenters. The molecule has 0 bridgehead atoms. The Labute approximate surface area is 101 Å². The second-order valence-corrected chi connectivity index (χ2v) is 3.88. The number of carboxylic acid groups (broad SMARTS) is 1. The Morgan fingerprint density at radius 2 is 1.88 bits per heavy atom. The maximum Gasteiger partial charge on any atom is 0.352 e. The molecule has 0 fully saturated rings. The van der Waals surface area contributed by atoms with Crippen molar-refractivity contribution in [3.63, 3.8) is 0 Å². The molecule has 1 aromatic carbocycles. The zero-order valence-corrected chi connectivity index (χ0v) is 10.1. The van der Waals surface area contributed by atoms with E-state index in [1.165, 1.54) is 6.08 Å². The molecule has 0 aliphatic carbocycles. The van der Waals surface area contributed by atoms with Crippen LogP contribution in [0.25, 0.3) is 0 Å². The molecule has 0 aromatic heterocycles. The van der Waals surface area contributed by atoms with E-state index in [2.05, 4.69) is 21.2 Å². The van der Waals surface area contributed by atoms with Crippen molar-refractivity contribution in [2.24, 2.45) is 0 Å². The largest absolute Gasteiger partial charge is 0.477 e. The van der Waals surface area contributed by atoms with E-state index in [1.807, 2.05) is 0 Å². The van der Waals surface area contributed by atoms with Gasteiger partial charge in [0.2, 0.25) is 0 Å². The third kappa shape index (κ3) is 3.20. The third-order valence-electron chi connectivity index (χ3n) is 1.87. The van der Waals surface area contributed by atoms with Gasteiger partial charge in [-0.05, 0) is 31.2 Å². The van der Waals surface area contributed by atoms with Crippen molar-refractivity contribution >= 4 is 27.8 Å². The maximum atomic E-state index is 11.6. The van der Waals surface area contributed by atoms with Crippen LogP contribution in [0, 0.1) is 0 Å². The van der Waals surface area contributed by atoms with Crippen LogP contribution in [0.15, 0.2) is 40.5 Å². The fourth-order valence-corrected chi connectivity index (χ4v) is 1.31. The molecule has 0 aliphatic heterocycles.